The maximum Gasteiger partial charge on any atom is 0.251 e. The average molecular weight is 330 g/mol. The minimum absolute atomic E-state index is 0.0456. The number of hydrogen-bond donors (Lipinski definition) is 2. The summed E-state index contributed by atoms with van der Waals surface area (Å²) in [5.74, 6) is -1.91. The van der Waals surface area contributed by atoms with Crippen LogP contribution in [0.1, 0.15) is 33.8 Å². The van der Waals surface area contributed by atoms with Crippen molar-refractivity contribution in [2.24, 2.45) is 0 Å². The Hall–Kier alpha value is -2.27. The van der Waals surface area contributed by atoms with Gasteiger partial charge in [-0.15, -0.1) is 0 Å². The summed E-state index contributed by atoms with van der Waals surface area (Å²) in [6.45, 7) is 3.34. The van der Waals surface area contributed by atoms with E-state index in [1.54, 1.807) is 18.2 Å². The van der Waals surface area contributed by atoms with Gasteiger partial charge in [-0.05, 0) is 49.7 Å². The topological polar surface area (TPSA) is 41.1 Å². The average Bonchev–Trinajstić information content (AvgIpc) is 2.58. The Balaban J connectivity index is 1.78. The number of piperidine rings is 1. The van der Waals surface area contributed by atoms with Gasteiger partial charge in [-0.3, -0.25) is 4.79 Å². The molecule has 3 rings (SSSR count). The molecule has 0 bridgehead atoms. The van der Waals surface area contributed by atoms with Crippen molar-refractivity contribution in [2.45, 2.75) is 25.3 Å². The molecule has 2 N–H and O–H groups in total. The molecule has 1 aliphatic rings. The van der Waals surface area contributed by atoms with E-state index in [2.05, 4.69) is 10.6 Å². The standard InChI is InChI=1S/C19H20F2N2O/c1-12-2-4-13(5-3-12)19(24)23-18-11-22-9-8-15(18)14-6-7-16(20)17(21)10-14/h2-7,10,15,18,22H,8-9,11H2,1H3,(H,23,24). The number of aryl methyl sites for hydroxylation is 1. The van der Waals surface area contributed by atoms with Gasteiger partial charge in [0.05, 0.1) is 0 Å². The Morgan fingerprint density at radius 2 is 1.88 bits per heavy atom. The molecule has 2 atom stereocenters. The molecule has 126 valence electrons. The zero-order chi connectivity index (χ0) is 17.1. The van der Waals surface area contributed by atoms with Crippen LogP contribution in [-0.2, 0) is 0 Å². The SMILES string of the molecule is Cc1ccc(C(=O)NC2CNCCC2c2ccc(F)c(F)c2)cc1. The Morgan fingerprint density at radius 3 is 2.58 bits per heavy atom. The number of carbonyl (C=O) groups excluding carboxylic acids is 1. The van der Waals surface area contributed by atoms with Crippen LogP contribution in [0.3, 0.4) is 0 Å². The summed E-state index contributed by atoms with van der Waals surface area (Å²) in [4.78, 5) is 12.4. The molecule has 1 heterocycles. The first-order valence-corrected chi connectivity index (χ1v) is 8.08. The number of amides is 1. The van der Waals surface area contributed by atoms with Gasteiger partial charge < -0.3 is 10.6 Å². The van der Waals surface area contributed by atoms with Gasteiger partial charge in [0.15, 0.2) is 11.6 Å². The third kappa shape index (κ3) is 3.62. The molecule has 3 nitrogen and oxygen atoms in total. The summed E-state index contributed by atoms with van der Waals surface area (Å²) >= 11 is 0. The zero-order valence-corrected chi connectivity index (χ0v) is 13.5. The fourth-order valence-electron chi connectivity index (χ4n) is 3.11. The van der Waals surface area contributed by atoms with Crippen molar-refractivity contribution in [1.82, 2.24) is 10.6 Å². The van der Waals surface area contributed by atoms with E-state index in [9.17, 15) is 13.6 Å². The zero-order valence-electron chi connectivity index (χ0n) is 13.5. The molecule has 0 radical (unpaired) electrons. The molecule has 24 heavy (non-hydrogen) atoms. The van der Waals surface area contributed by atoms with Gasteiger partial charge in [-0.1, -0.05) is 23.8 Å². The molecule has 1 fully saturated rings. The maximum absolute atomic E-state index is 13.5. The molecule has 5 heteroatoms. The van der Waals surface area contributed by atoms with E-state index >= 15 is 0 Å². The second kappa shape index (κ2) is 7.09. The second-order valence-corrected chi connectivity index (χ2v) is 6.22. The Labute approximate surface area is 140 Å². The highest BCUT2D eigenvalue weighted by atomic mass is 19.2. The molecule has 2 aromatic carbocycles. The number of rotatable bonds is 3. The lowest BCUT2D eigenvalue weighted by atomic mass is 9.85. The van der Waals surface area contributed by atoms with Gasteiger partial charge in [0.25, 0.3) is 5.91 Å². The van der Waals surface area contributed by atoms with Gasteiger partial charge in [0, 0.05) is 24.1 Å². The van der Waals surface area contributed by atoms with Crippen molar-refractivity contribution >= 4 is 5.91 Å². The van der Waals surface area contributed by atoms with Crippen LogP contribution >= 0.6 is 0 Å². The first-order chi connectivity index (χ1) is 11.5. The van der Waals surface area contributed by atoms with E-state index in [4.69, 9.17) is 0 Å². The summed E-state index contributed by atoms with van der Waals surface area (Å²) < 4.78 is 26.7. The maximum atomic E-state index is 13.5. The van der Waals surface area contributed by atoms with Crippen LogP contribution in [0.25, 0.3) is 0 Å². The molecule has 0 spiro atoms. The van der Waals surface area contributed by atoms with Crippen LogP contribution < -0.4 is 10.6 Å². The third-order valence-corrected chi connectivity index (χ3v) is 4.48. The largest absolute Gasteiger partial charge is 0.347 e. The Bertz CT molecular complexity index is 731. The lowest BCUT2D eigenvalue weighted by Crippen LogP contribution is -2.50. The molecular formula is C19H20F2N2O. The second-order valence-electron chi connectivity index (χ2n) is 6.22. The third-order valence-electron chi connectivity index (χ3n) is 4.48. The van der Waals surface area contributed by atoms with E-state index in [0.29, 0.717) is 17.7 Å². The normalized spacial score (nSPS) is 20.6. The van der Waals surface area contributed by atoms with E-state index in [1.165, 1.54) is 6.07 Å². The number of nitrogens with one attached hydrogen (secondary N) is 2. The van der Waals surface area contributed by atoms with E-state index in [-0.39, 0.29) is 17.9 Å². The molecule has 2 unspecified atom stereocenters. The molecule has 1 aliphatic heterocycles. The monoisotopic (exact) mass is 330 g/mol. The number of halogens is 2. The van der Waals surface area contributed by atoms with Gasteiger partial charge in [-0.2, -0.15) is 0 Å². The van der Waals surface area contributed by atoms with Crippen LogP contribution in [0, 0.1) is 18.6 Å². The van der Waals surface area contributed by atoms with Crippen molar-refractivity contribution < 1.29 is 13.6 Å². The lowest BCUT2D eigenvalue weighted by Gasteiger charge is -2.33. The van der Waals surface area contributed by atoms with Gasteiger partial charge >= 0.3 is 0 Å². The van der Waals surface area contributed by atoms with Crippen LogP contribution in [0.2, 0.25) is 0 Å². The summed E-state index contributed by atoms with van der Waals surface area (Å²) in [6.07, 6.45) is 0.754. The highest BCUT2D eigenvalue weighted by Crippen LogP contribution is 2.27. The first kappa shape index (κ1) is 16.6. The summed E-state index contributed by atoms with van der Waals surface area (Å²) in [5.41, 5.74) is 2.39. The quantitative estimate of drug-likeness (QED) is 0.908. The van der Waals surface area contributed by atoms with E-state index in [0.717, 1.165) is 24.6 Å². The van der Waals surface area contributed by atoms with Crippen molar-refractivity contribution in [1.29, 1.82) is 0 Å². The molecular weight excluding hydrogens is 310 g/mol. The fourth-order valence-corrected chi connectivity index (χ4v) is 3.11. The number of hydrogen-bond acceptors (Lipinski definition) is 2. The van der Waals surface area contributed by atoms with Crippen LogP contribution in [-0.4, -0.2) is 25.0 Å². The minimum atomic E-state index is -0.854. The smallest absolute Gasteiger partial charge is 0.251 e. The van der Waals surface area contributed by atoms with Crippen LogP contribution in [0.4, 0.5) is 8.78 Å². The molecule has 0 aromatic heterocycles. The van der Waals surface area contributed by atoms with Crippen LogP contribution in [0.5, 0.6) is 0 Å². The van der Waals surface area contributed by atoms with E-state index in [1.807, 2.05) is 19.1 Å². The lowest BCUT2D eigenvalue weighted by molar-refractivity contribution is 0.0924. The van der Waals surface area contributed by atoms with Crippen LogP contribution in [0.15, 0.2) is 42.5 Å². The summed E-state index contributed by atoms with van der Waals surface area (Å²) in [6, 6.07) is 11.2. The van der Waals surface area contributed by atoms with Crippen molar-refractivity contribution in [2.75, 3.05) is 13.1 Å². The number of benzene rings is 2. The first-order valence-electron chi connectivity index (χ1n) is 8.08. The highest BCUT2D eigenvalue weighted by Gasteiger charge is 2.28. The predicted octanol–water partition coefficient (Wildman–Crippen LogP) is 3.15. The summed E-state index contributed by atoms with van der Waals surface area (Å²) in [7, 11) is 0. The summed E-state index contributed by atoms with van der Waals surface area (Å²) in [5, 5.41) is 6.26. The highest BCUT2D eigenvalue weighted by molar-refractivity contribution is 5.94. The number of carbonyl (C=O) groups is 1. The molecule has 2 aromatic rings. The van der Waals surface area contributed by atoms with Gasteiger partial charge in [0.2, 0.25) is 0 Å². The van der Waals surface area contributed by atoms with Crippen molar-refractivity contribution in [3.8, 4) is 0 Å². The van der Waals surface area contributed by atoms with Crippen molar-refractivity contribution in [3.05, 3.63) is 70.8 Å². The molecule has 0 aliphatic carbocycles. The molecule has 1 amide bonds. The fraction of sp³-hybridized carbons (Fsp3) is 0.316. The van der Waals surface area contributed by atoms with Gasteiger partial charge in [0.1, 0.15) is 0 Å². The van der Waals surface area contributed by atoms with Crippen molar-refractivity contribution in [3.63, 3.8) is 0 Å². The Morgan fingerprint density at radius 1 is 1.12 bits per heavy atom. The van der Waals surface area contributed by atoms with Gasteiger partial charge in [-0.25, -0.2) is 8.78 Å². The molecule has 0 saturated carbocycles. The molecule has 1 saturated heterocycles. The predicted molar refractivity (Wildman–Crippen MR) is 89.0 cm³/mol. The van der Waals surface area contributed by atoms with E-state index < -0.39 is 11.6 Å². The minimum Gasteiger partial charge on any atom is -0.347 e. The Kier molecular flexibility index (Phi) is 4.90.